The second-order valence-electron chi connectivity index (χ2n) is 6.57. The molecule has 2 N–H and O–H groups in total. The van der Waals surface area contributed by atoms with Gasteiger partial charge in [0.15, 0.2) is 5.82 Å². The summed E-state index contributed by atoms with van der Waals surface area (Å²) in [6.45, 7) is 6.20. The molecule has 0 spiro atoms. The van der Waals surface area contributed by atoms with Gasteiger partial charge >= 0.3 is 0 Å². The van der Waals surface area contributed by atoms with E-state index in [1.807, 2.05) is 56.5 Å². The van der Waals surface area contributed by atoms with E-state index >= 15 is 0 Å². The lowest BCUT2D eigenvalue weighted by Gasteiger charge is -2.11. The summed E-state index contributed by atoms with van der Waals surface area (Å²) in [5.74, 6) is 9.62. The van der Waals surface area contributed by atoms with E-state index in [9.17, 15) is 0 Å². The maximum absolute atomic E-state index is 6.18. The number of aromatic nitrogens is 4. The van der Waals surface area contributed by atoms with Gasteiger partial charge in [0.2, 0.25) is 11.0 Å². The highest BCUT2D eigenvalue weighted by Crippen LogP contribution is 2.29. The Kier molecular flexibility index (Phi) is 5.59. The van der Waals surface area contributed by atoms with Gasteiger partial charge in [0.25, 0.3) is 0 Å². The van der Waals surface area contributed by atoms with Crippen LogP contribution >= 0.6 is 23.1 Å². The van der Waals surface area contributed by atoms with Crippen LogP contribution in [0, 0.1) is 20.8 Å². The fourth-order valence-electron chi connectivity index (χ4n) is 2.87. The van der Waals surface area contributed by atoms with Crippen molar-refractivity contribution in [1.82, 2.24) is 19.9 Å². The Hall–Kier alpha value is -2.78. The summed E-state index contributed by atoms with van der Waals surface area (Å²) < 4.78 is 13.2. The summed E-state index contributed by atoms with van der Waals surface area (Å²) in [6.07, 6.45) is 0. The van der Waals surface area contributed by atoms with E-state index in [0.717, 1.165) is 33.2 Å². The number of oxazole rings is 1. The van der Waals surface area contributed by atoms with Gasteiger partial charge in [-0.3, -0.25) is 0 Å². The molecule has 0 saturated heterocycles. The molecule has 9 heteroatoms. The van der Waals surface area contributed by atoms with E-state index in [4.69, 9.17) is 15.0 Å². The van der Waals surface area contributed by atoms with Gasteiger partial charge in [0.1, 0.15) is 18.1 Å². The number of hydrogen-bond acceptors (Lipinski definition) is 8. The summed E-state index contributed by atoms with van der Waals surface area (Å²) in [5, 5.41) is 11.0. The second-order valence-corrected chi connectivity index (χ2v) is 8.46. The van der Waals surface area contributed by atoms with E-state index in [1.54, 1.807) is 11.3 Å². The third kappa shape index (κ3) is 4.15. The first-order chi connectivity index (χ1) is 14.0. The number of hydrogen-bond donors (Lipinski definition) is 1. The summed E-state index contributed by atoms with van der Waals surface area (Å²) in [4.78, 5) is 5.61. The Morgan fingerprint density at radius 1 is 1.14 bits per heavy atom. The number of thioether (sulfide) groups is 1. The van der Waals surface area contributed by atoms with Crippen LogP contribution in [0.3, 0.4) is 0 Å². The summed E-state index contributed by atoms with van der Waals surface area (Å²) in [7, 11) is 0. The van der Waals surface area contributed by atoms with Crippen molar-refractivity contribution < 1.29 is 9.15 Å². The van der Waals surface area contributed by atoms with Crippen LogP contribution in [0.2, 0.25) is 0 Å². The van der Waals surface area contributed by atoms with E-state index in [-0.39, 0.29) is 6.61 Å². The first kappa shape index (κ1) is 19.5. The van der Waals surface area contributed by atoms with E-state index in [1.165, 1.54) is 16.4 Å². The zero-order chi connectivity index (χ0) is 20.4. The van der Waals surface area contributed by atoms with Crippen LogP contribution in [0.5, 0.6) is 5.75 Å². The quantitative estimate of drug-likeness (QED) is 0.343. The molecular formula is C20H21N5O2S2. The molecule has 150 valence electrons. The third-order valence-corrected chi connectivity index (χ3v) is 6.26. The molecular weight excluding hydrogens is 406 g/mol. The number of ether oxygens (including phenoxy) is 1. The van der Waals surface area contributed by atoms with Gasteiger partial charge in [0.05, 0.1) is 10.6 Å². The Bertz CT molecular complexity index is 1100. The van der Waals surface area contributed by atoms with Crippen LogP contribution in [0.15, 0.2) is 45.3 Å². The standard InChI is InChI=1S/C20H21N5O2S2/c1-12-6-4-7-13(2)18(12)26-10-17-23-24-20(25(17)21)29-11-15-14(3)27-19(22-15)16-8-5-9-28-16/h4-9H,10-11,21H2,1-3H3. The zero-order valence-corrected chi connectivity index (χ0v) is 18.0. The van der Waals surface area contributed by atoms with Crippen LogP contribution in [0.1, 0.15) is 28.4 Å². The minimum Gasteiger partial charge on any atom is -0.485 e. The third-order valence-electron chi connectivity index (χ3n) is 4.45. The van der Waals surface area contributed by atoms with Gasteiger partial charge in [-0.1, -0.05) is 36.0 Å². The fraction of sp³-hybridized carbons (Fsp3) is 0.250. The number of rotatable bonds is 7. The summed E-state index contributed by atoms with van der Waals surface area (Å²) in [6, 6.07) is 10.0. The summed E-state index contributed by atoms with van der Waals surface area (Å²) in [5.41, 5.74) is 3.02. The van der Waals surface area contributed by atoms with Crippen molar-refractivity contribution in [1.29, 1.82) is 0 Å². The van der Waals surface area contributed by atoms with Crippen molar-refractivity contribution in [2.24, 2.45) is 0 Å². The molecule has 0 bridgehead atoms. The molecule has 0 amide bonds. The molecule has 7 nitrogen and oxygen atoms in total. The van der Waals surface area contributed by atoms with Gasteiger partial charge < -0.3 is 15.0 Å². The Morgan fingerprint density at radius 3 is 2.66 bits per heavy atom. The molecule has 4 rings (SSSR count). The molecule has 4 aromatic rings. The van der Waals surface area contributed by atoms with Crippen molar-refractivity contribution in [2.75, 3.05) is 5.84 Å². The minimum atomic E-state index is 0.251. The molecule has 1 aromatic carbocycles. The number of nitrogen functional groups attached to an aromatic ring is 1. The average molecular weight is 428 g/mol. The average Bonchev–Trinajstić information content (AvgIpc) is 3.42. The zero-order valence-electron chi connectivity index (χ0n) is 16.4. The lowest BCUT2D eigenvalue weighted by Crippen LogP contribution is -2.16. The monoisotopic (exact) mass is 427 g/mol. The van der Waals surface area contributed by atoms with Crippen molar-refractivity contribution in [3.05, 3.63) is 64.1 Å². The highest BCUT2D eigenvalue weighted by molar-refractivity contribution is 7.98. The van der Waals surface area contributed by atoms with Gasteiger partial charge in [-0.25, -0.2) is 9.66 Å². The first-order valence-corrected chi connectivity index (χ1v) is 10.9. The van der Waals surface area contributed by atoms with E-state index in [2.05, 4.69) is 15.2 Å². The maximum atomic E-state index is 6.18. The van der Waals surface area contributed by atoms with E-state index in [0.29, 0.717) is 22.6 Å². The predicted octanol–water partition coefficient (Wildman–Crippen LogP) is 4.50. The lowest BCUT2D eigenvalue weighted by molar-refractivity contribution is 0.288. The molecule has 0 atom stereocenters. The van der Waals surface area contributed by atoms with Crippen molar-refractivity contribution in [2.45, 2.75) is 38.3 Å². The lowest BCUT2D eigenvalue weighted by atomic mass is 10.1. The molecule has 0 aliphatic heterocycles. The molecule has 29 heavy (non-hydrogen) atoms. The molecule has 0 radical (unpaired) electrons. The van der Waals surface area contributed by atoms with Gasteiger partial charge in [-0.2, -0.15) is 0 Å². The molecule has 0 saturated carbocycles. The number of benzene rings is 1. The first-order valence-electron chi connectivity index (χ1n) is 9.04. The molecule has 0 fully saturated rings. The smallest absolute Gasteiger partial charge is 0.236 e. The van der Waals surface area contributed by atoms with E-state index < -0.39 is 0 Å². The molecule has 3 heterocycles. The Labute approximate surface area is 176 Å². The SMILES string of the molecule is Cc1cccc(C)c1OCc1nnc(SCc2nc(-c3cccs3)oc2C)n1N. The normalized spacial score (nSPS) is 11.1. The topological polar surface area (TPSA) is 92.0 Å². The Balaban J connectivity index is 1.42. The van der Waals surface area contributed by atoms with Crippen LogP contribution in [0.4, 0.5) is 0 Å². The second kappa shape index (κ2) is 8.30. The maximum Gasteiger partial charge on any atom is 0.236 e. The molecule has 0 aliphatic carbocycles. The van der Waals surface area contributed by atoms with Crippen LogP contribution in [0.25, 0.3) is 10.8 Å². The molecule has 3 aromatic heterocycles. The highest BCUT2D eigenvalue weighted by atomic mass is 32.2. The Morgan fingerprint density at radius 2 is 1.93 bits per heavy atom. The van der Waals surface area contributed by atoms with Crippen LogP contribution < -0.4 is 10.6 Å². The molecule has 0 unspecified atom stereocenters. The number of nitrogens with two attached hydrogens (primary N) is 1. The number of para-hydroxylation sites is 1. The van der Waals surface area contributed by atoms with Crippen molar-refractivity contribution in [3.8, 4) is 16.5 Å². The predicted molar refractivity (Wildman–Crippen MR) is 115 cm³/mol. The number of aryl methyl sites for hydroxylation is 3. The summed E-state index contributed by atoms with van der Waals surface area (Å²) >= 11 is 3.06. The number of thiophene rings is 1. The highest BCUT2D eigenvalue weighted by Gasteiger charge is 2.16. The fourth-order valence-corrected chi connectivity index (χ4v) is 4.39. The minimum absolute atomic E-state index is 0.251. The number of nitrogens with zero attached hydrogens (tertiary/aromatic N) is 4. The van der Waals surface area contributed by atoms with Crippen molar-refractivity contribution in [3.63, 3.8) is 0 Å². The molecule has 0 aliphatic rings. The van der Waals surface area contributed by atoms with Gasteiger partial charge in [-0.05, 0) is 43.3 Å². The van der Waals surface area contributed by atoms with Gasteiger partial charge in [0, 0.05) is 5.75 Å². The van der Waals surface area contributed by atoms with Crippen LogP contribution in [-0.2, 0) is 12.4 Å². The van der Waals surface area contributed by atoms with Crippen LogP contribution in [-0.4, -0.2) is 19.9 Å². The van der Waals surface area contributed by atoms with Crippen molar-refractivity contribution >= 4 is 23.1 Å². The largest absolute Gasteiger partial charge is 0.485 e. The van der Waals surface area contributed by atoms with Gasteiger partial charge in [-0.15, -0.1) is 21.5 Å².